The second-order valence-corrected chi connectivity index (χ2v) is 6.52. The summed E-state index contributed by atoms with van der Waals surface area (Å²) in [5, 5.41) is 30.0. The summed E-state index contributed by atoms with van der Waals surface area (Å²) in [6.07, 6.45) is 5.51. The van der Waals surface area contributed by atoms with Gasteiger partial charge in [0, 0.05) is 17.7 Å². The van der Waals surface area contributed by atoms with Crippen molar-refractivity contribution in [2.75, 3.05) is 0 Å². The van der Waals surface area contributed by atoms with Crippen LogP contribution in [0.4, 0.5) is 0 Å². The molecular weight excluding hydrogens is 344 g/mol. The minimum atomic E-state index is -0.391. The molecule has 1 aromatic heterocycles. The molecule has 0 bridgehead atoms. The lowest BCUT2D eigenvalue weighted by molar-refractivity contribution is 0.442. The molecule has 138 valence electrons. The molecule has 0 spiro atoms. The normalized spacial score (nSPS) is 11.2. The average molecular weight is 364 g/mol. The molecule has 1 heterocycles. The Kier molecular flexibility index (Phi) is 5.03. The largest absolute Gasteiger partial charge is 0.508 e. The van der Waals surface area contributed by atoms with Crippen molar-refractivity contribution in [2.24, 2.45) is 0 Å². The molecule has 0 aliphatic rings. The van der Waals surface area contributed by atoms with Gasteiger partial charge in [-0.25, -0.2) is 0 Å². The summed E-state index contributed by atoms with van der Waals surface area (Å²) in [5.41, 5.74) is 1.87. The molecule has 2 aromatic carbocycles. The minimum absolute atomic E-state index is 0.0479. The summed E-state index contributed by atoms with van der Waals surface area (Å²) >= 11 is 0. The van der Waals surface area contributed by atoms with Crippen molar-refractivity contribution in [3.8, 4) is 17.2 Å². The number of hydrogen-bond acceptors (Lipinski definition) is 5. The molecule has 27 heavy (non-hydrogen) atoms. The highest BCUT2D eigenvalue weighted by molar-refractivity contribution is 5.87. The van der Waals surface area contributed by atoms with Crippen molar-refractivity contribution in [3.63, 3.8) is 0 Å². The van der Waals surface area contributed by atoms with Crippen LogP contribution >= 0.6 is 0 Å². The number of rotatable bonds is 4. The van der Waals surface area contributed by atoms with Crippen LogP contribution in [0, 0.1) is 0 Å². The molecule has 5 heteroatoms. The van der Waals surface area contributed by atoms with E-state index in [0.29, 0.717) is 12.0 Å². The van der Waals surface area contributed by atoms with Crippen LogP contribution in [0.5, 0.6) is 17.2 Å². The lowest BCUT2D eigenvalue weighted by Gasteiger charge is -2.09. The number of fused-ring (bicyclic) bond motifs is 1. The number of hydrogen-bond donors (Lipinski definition) is 3. The molecule has 0 saturated heterocycles. The molecule has 3 rings (SSSR count). The zero-order valence-corrected chi connectivity index (χ0v) is 15.1. The molecule has 0 fully saturated rings. The van der Waals surface area contributed by atoms with Crippen molar-refractivity contribution in [2.45, 2.75) is 20.3 Å². The molecule has 3 N–H and O–H groups in total. The second-order valence-electron chi connectivity index (χ2n) is 6.52. The van der Waals surface area contributed by atoms with E-state index in [-0.39, 0.29) is 34.0 Å². The maximum absolute atomic E-state index is 12.5. The predicted octanol–water partition coefficient (Wildman–Crippen LogP) is 4.59. The number of phenolic OH excluding ortho intramolecular Hbond substituents is 3. The molecule has 0 saturated carbocycles. The van der Waals surface area contributed by atoms with Gasteiger partial charge >= 0.3 is 0 Å². The molecule has 0 aliphatic heterocycles. The number of benzene rings is 2. The van der Waals surface area contributed by atoms with Gasteiger partial charge in [-0.3, -0.25) is 4.79 Å². The monoisotopic (exact) mass is 364 g/mol. The van der Waals surface area contributed by atoms with E-state index in [1.54, 1.807) is 36.4 Å². The smallest absolute Gasteiger partial charge is 0.197 e. The summed E-state index contributed by atoms with van der Waals surface area (Å²) in [4.78, 5) is 12.5. The maximum Gasteiger partial charge on any atom is 0.197 e. The Bertz CT molecular complexity index is 1100. The van der Waals surface area contributed by atoms with E-state index in [1.165, 1.54) is 12.1 Å². The van der Waals surface area contributed by atoms with Gasteiger partial charge < -0.3 is 19.7 Å². The molecule has 3 aromatic rings. The van der Waals surface area contributed by atoms with Gasteiger partial charge in [0.2, 0.25) is 0 Å². The Morgan fingerprint density at radius 1 is 1.04 bits per heavy atom. The fraction of sp³-hybridized carbons (Fsp3) is 0.136. The van der Waals surface area contributed by atoms with E-state index in [2.05, 4.69) is 0 Å². The quantitative estimate of drug-likeness (QED) is 0.589. The number of phenols is 3. The lowest BCUT2D eigenvalue weighted by Crippen LogP contribution is -2.02. The van der Waals surface area contributed by atoms with E-state index in [0.717, 1.165) is 11.1 Å². The van der Waals surface area contributed by atoms with E-state index in [1.807, 2.05) is 19.9 Å². The van der Waals surface area contributed by atoms with Gasteiger partial charge in [-0.1, -0.05) is 29.9 Å². The number of allylic oxidation sites excluding steroid dienone is 2. The van der Waals surface area contributed by atoms with Gasteiger partial charge in [-0.2, -0.15) is 0 Å². The Labute approximate surface area is 156 Å². The van der Waals surface area contributed by atoms with E-state index >= 15 is 0 Å². The lowest BCUT2D eigenvalue weighted by atomic mass is 10.0. The summed E-state index contributed by atoms with van der Waals surface area (Å²) < 4.78 is 5.66. The molecule has 0 amide bonds. The highest BCUT2D eigenvalue weighted by Gasteiger charge is 2.16. The van der Waals surface area contributed by atoms with E-state index in [4.69, 9.17) is 4.42 Å². The van der Waals surface area contributed by atoms with Gasteiger partial charge in [0.15, 0.2) is 5.43 Å². The third kappa shape index (κ3) is 4.03. The molecule has 0 aliphatic carbocycles. The van der Waals surface area contributed by atoms with Gasteiger partial charge in [0.1, 0.15) is 34.0 Å². The predicted molar refractivity (Wildman–Crippen MR) is 106 cm³/mol. The van der Waals surface area contributed by atoms with Crippen LogP contribution in [0.25, 0.3) is 23.1 Å². The van der Waals surface area contributed by atoms with Crippen LogP contribution < -0.4 is 5.43 Å². The summed E-state index contributed by atoms with van der Waals surface area (Å²) in [6.45, 7) is 3.83. The molecular formula is C22H20O5. The zero-order valence-electron chi connectivity index (χ0n) is 15.1. The van der Waals surface area contributed by atoms with E-state index < -0.39 is 5.43 Å². The highest BCUT2D eigenvalue weighted by atomic mass is 16.3. The van der Waals surface area contributed by atoms with Crippen molar-refractivity contribution in [1.82, 2.24) is 0 Å². The second kappa shape index (κ2) is 7.41. The Morgan fingerprint density at radius 2 is 1.74 bits per heavy atom. The van der Waals surface area contributed by atoms with Crippen LogP contribution in [-0.4, -0.2) is 15.3 Å². The molecule has 0 unspecified atom stereocenters. The maximum atomic E-state index is 12.5. The van der Waals surface area contributed by atoms with Gasteiger partial charge in [0.05, 0.1) is 0 Å². The minimum Gasteiger partial charge on any atom is -0.508 e. The van der Waals surface area contributed by atoms with Gasteiger partial charge in [-0.05, 0) is 44.0 Å². The Morgan fingerprint density at radius 3 is 2.41 bits per heavy atom. The van der Waals surface area contributed by atoms with E-state index in [9.17, 15) is 20.1 Å². The van der Waals surface area contributed by atoms with Crippen LogP contribution in [-0.2, 0) is 6.42 Å². The fourth-order valence-corrected chi connectivity index (χ4v) is 2.70. The van der Waals surface area contributed by atoms with Gasteiger partial charge in [0.25, 0.3) is 0 Å². The summed E-state index contributed by atoms with van der Waals surface area (Å²) in [7, 11) is 0. The summed E-state index contributed by atoms with van der Waals surface area (Å²) in [6, 6.07) is 9.19. The van der Waals surface area contributed by atoms with Crippen molar-refractivity contribution < 1.29 is 19.7 Å². The highest BCUT2D eigenvalue weighted by Crippen LogP contribution is 2.35. The SMILES string of the molecule is CC(C)=CCc1c(O)cc2oc(C=Cc3ccc(O)cc3)cc(=O)c2c1O. The Balaban J connectivity index is 2.04. The number of aromatic hydroxyl groups is 3. The summed E-state index contributed by atoms with van der Waals surface area (Å²) in [5.74, 6) is 0.0707. The van der Waals surface area contributed by atoms with Crippen molar-refractivity contribution >= 4 is 23.1 Å². The van der Waals surface area contributed by atoms with Crippen molar-refractivity contribution in [3.05, 3.63) is 75.2 Å². The molecule has 5 nitrogen and oxygen atoms in total. The first-order valence-corrected chi connectivity index (χ1v) is 8.47. The average Bonchev–Trinajstić information content (AvgIpc) is 2.60. The third-order valence-corrected chi connectivity index (χ3v) is 4.14. The molecule has 0 radical (unpaired) electrons. The van der Waals surface area contributed by atoms with Crippen LogP contribution in [0.3, 0.4) is 0 Å². The van der Waals surface area contributed by atoms with Crippen molar-refractivity contribution in [1.29, 1.82) is 0 Å². The van der Waals surface area contributed by atoms with Crippen LogP contribution in [0.1, 0.15) is 30.7 Å². The molecule has 0 atom stereocenters. The van der Waals surface area contributed by atoms with Crippen LogP contribution in [0.15, 0.2) is 57.3 Å². The first kappa shape index (κ1) is 18.3. The first-order valence-electron chi connectivity index (χ1n) is 8.47. The Hall–Kier alpha value is -3.47. The van der Waals surface area contributed by atoms with Crippen LogP contribution in [0.2, 0.25) is 0 Å². The topological polar surface area (TPSA) is 90.9 Å². The first-order chi connectivity index (χ1) is 12.8. The zero-order chi connectivity index (χ0) is 19.6. The standard InChI is InChI=1S/C22H20O5/c1-13(2)3-10-17-18(24)12-20-21(22(17)26)19(25)11-16(27-20)9-6-14-4-7-15(23)8-5-14/h3-9,11-12,23-24,26H,10H2,1-2H3. The van der Waals surface area contributed by atoms with Gasteiger partial charge in [-0.15, -0.1) is 0 Å². The third-order valence-electron chi connectivity index (χ3n) is 4.14. The fourth-order valence-electron chi connectivity index (χ4n) is 2.70.